The molecule has 0 fully saturated rings. The normalized spacial score (nSPS) is 17.4. The second-order valence-corrected chi connectivity index (χ2v) is 7.42. The van der Waals surface area contributed by atoms with Gasteiger partial charge in [-0.05, 0) is 64.1 Å². The topological polar surface area (TPSA) is 26.0 Å². The predicted octanol–water partition coefficient (Wildman–Crippen LogP) is 6.27. The van der Waals surface area contributed by atoms with Crippen molar-refractivity contribution in [3.05, 3.63) is 114 Å². The molecule has 2 N–H and O–H groups in total. The lowest BCUT2D eigenvalue weighted by molar-refractivity contribution is 0.714. The third-order valence-electron chi connectivity index (χ3n) is 5.91. The standard InChI is InChI=1S/C26H21N/c1-26(20-7-3-2-4-8-20)24-10-6-5-9-22(24)23-16-13-19(17-25(23)26)18-11-14-21(27)15-12-18/h2-17H,27H2,1H3. The Kier molecular flexibility index (Phi) is 3.45. The molecule has 4 aromatic rings. The summed E-state index contributed by atoms with van der Waals surface area (Å²) in [7, 11) is 0. The molecule has 1 nitrogen and oxygen atoms in total. The van der Waals surface area contributed by atoms with Crippen LogP contribution in [0.25, 0.3) is 22.3 Å². The van der Waals surface area contributed by atoms with E-state index in [2.05, 4.69) is 91.9 Å². The van der Waals surface area contributed by atoms with Gasteiger partial charge >= 0.3 is 0 Å². The smallest absolute Gasteiger partial charge is 0.0435 e. The van der Waals surface area contributed by atoms with Crippen LogP contribution in [0, 0.1) is 0 Å². The van der Waals surface area contributed by atoms with Gasteiger partial charge in [-0.1, -0.05) is 78.9 Å². The first kappa shape index (κ1) is 15.9. The van der Waals surface area contributed by atoms with Crippen LogP contribution in [0.4, 0.5) is 5.69 Å². The lowest BCUT2D eigenvalue weighted by atomic mass is 9.74. The fourth-order valence-corrected chi connectivity index (χ4v) is 4.43. The van der Waals surface area contributed by atoms with E-state index in [1.54, 1.807) is 0 Å². The fourth-order valence-electron chi connectivity index (χ4n) is 4.43. The first-order valence-corrected chi connectivity index (χ1v) is 9.34. The number of anilines is 1. The summed E-state index contributed by atoms with van der Waals surface area (Å²) in [6.07, 6.45) is 0. The number of hydrogen-bond donors (Lipinski definition) is 1. The highest BCUT2D eigenvalue weighted by Gasteiger charge is 2.40. The van der Waals surface area contributed by atoms with E-state index in [-0.39, 0.29) is 5.41 Å². The molecule has 0 amide bonds. The summed E-state index contributed by atoms with van der Waals surface area (Å²) < 4.78 is 0. The summed E-state index contributed by atoms with van der Waals surface area (Å²) in [4.78, 5) is 0. The van der Waals surface area contributed by atoms with Gasteiger partial charge in [-0.2, -0.15) is 0 Å². The highest BCUT2D eigenvalue weighted by atomic mass is 14.5. The Balaban J connectivity index is 1.77. The van der Waals surface area contributed by atoms with Crippen LogP contribution in [0.1, 0.15) is 23.6 Å². The van der Waals surface area contributed by atoms with E-state index in [1.807, 2.05) is 12.1 Å². The summed E-state index contributed by atoms with van der Waals surface area (Å²) in [5, 5.41) is 0. The summed E-state index contributed by atoms with van der Waals surface area (Å²) in [6.45, 7) is 2.35. The number of rotatable bonds is 2. The molecule has 0 saturated carbocycles. The van der Waals surface area contributed by atoms with E-state index in [9.17, 15) is 0 Å². The van der Waals surface area contributed by atoms with Gasteiger partial charge in [-0.3, -0.25) is 0 Å². The molecule has 0 spiro atoms. The molecule has 1 unspecified atom stereocenters. The number of nitrogen functional groups attached to an aromatic ring is 1. The largest absolute Gasteiger partial charge is 0.399 e. The predicted molar refractivity (Wildman–Crippen MR) is 114 cm³/mol. The van der Waals surface area contributed by atoms with Crippen LogP contribution in [0.15, 0.2) is 97.1 Å². The van der Waals surface area contributed by atoms with Crippen LogP contribution in [0.3, 0.4) is 0 Å². The van der Waals surface area contributed by atoms with E-state index in [0.717, 1.165) is 5.69 Å². The number of hydrogen-bond acceptors (Lipinski definition) is 1. The zero-order valence-electron chi connectivity index (χ0n) is 15.3. The Morgan fingerprint density at radius 1 is 0.593 bits per heavy atom. The number of nitrogens with two attached hydrogens (primary N) is 1. The minimum atomic E-state index is -0.156. The van der Waals surface area contributed by atoms with E-state index in [0.29, 0.717) is 0 Å². The Hall–Kier alpha value is -3.32. The van der Waals surface area contributed by atoms with Crippen molar-refractivity contribution in [2.75, 3.05) is 5.73 Å². The van der Waals surface area contributed by atoms with Gasteiger partial charge in [0, 0.05) is 11.1 Å². The molecule has 1 aliphatic carbocycles. The maximum atomic E-state index is 5.87. The van der Waals surface area contributed by atoms with Crippen LogP contribution in [-0.4, -0.2) is 0 Å². The van der Waals surface area contributed by atoms with Crippen molar-refractivity contribution in [1.82, 2.24) is 0 Å². The van der Waals surface area contributed by atoms with E-state index >= 15 is 0 Å². The quantitative estimate of drug-likeness (QED) is 0.425. The summed E-state index contributed by atoms with van der Waals surface area (Å²) in [6, 6.07) is 34.6. The molecular formula is C26H21N. The fraction of sp³-hybridized carbons (Fsp3) is 0.0769. The molecule has 0 saturated heterocycles. The minimum absolute atomic E-state index is 0.156. The van der Waals surface area contributed by atoms with Crippen LogP contribution in [-0.2, 0) is 5.41 Å². The highest BCUT2D eigenvalue weighted by Crippen LogP contribution is 2.52. The molecule has 1 atom stereocenters. The molecule has 27 heavy (non-hydrogen) atoms. The lowest BCUT2D eigenvalue weighted by Gasteiger charge is -2.28. The van der Waals surface area contributed by atoms with Gasteiger partial charge in [0.2, 0.25) is 0 Å². The van der Waals surface area contributed by atoms with Crippen molar-refractivity contribution in [3.8, 4) is 22.3 Å². The molecule has 0 bridgehead atoms. The van der Waals surface area contributed by atoms with Crippen LogP contribution in [0.5, 0.6) is 0 Å². The van der Waals surface area contributed by atoms with Gasteiger partial charge in [-0.25, -0.2) is 0 Å². The van der Waals surface area contributed by atoms with Crippen molar-refractivity contribution in [2.45, 2.75) is 12.3 Å². The van der Waals surface area contributed by atoms with Crippen LogP contribution < -0.4 is 5.73 Å². The second-order valence-electron chi connectivity index (χ2n) is 7.42. The van der Waals surface area contributed by atoms with Crippen LogP contribution >= 0.6 is 0 Å². The third kappa shape index (κ3) is 2.32. The average Bonchev–Trinajstić information content (AvgIpc) is 2.99. The zero-order valence-corrected chi connectivity index (χ0v) is 15.3. The summed E-state index contributed by atoms with van der Waals surface area (Å²) >= 11 is 0. The molecule has 0 aromatic heterocycles. The average molecular weight is 347 g/mol. The van der Waals surface area contributed by atoms with E-state index in [4.69, 9.17) is 5.73 Å². The Morgan fingerprint density at radius 2 is 1.22 bits per heavy atom. The number of fused-ring (bicyclic) bond motifs is 3. The molecule has 4 aromatic carbocycles. The van der Waals surface area contributed by atoms with Crippen molar-refractivity contribution < 1.29 is 0 Å². The minimum Gasteiger partial charge on any atom is -0.399 e. The SMILES string of the molecule is CC1(c2ccccc2)c2ccccc2-c2ccc(-c3ccc(N)cc3)cc21. The summed E-state index contributed by atoms with van der Waals surface area (Å²) in [5.74, 6) is 0. The van der Waals surface area contributed by atoms with Crippen molar-refractivity contribution in [2.24, 2.45) is 0 Å². The Bertz CT molecular complexity index is 1130. The van der Waals surface area contributed by atoms with Crippen molar-refractivity contribution >= 4 is 5.69 Å². The van der Waals surface area contributed by atoms with Crippen molar-refractivity contribution in [3.63, 3.8) is 0 Å². The molecule has 1 heteroatoms. The summed E-state index contributed by atoms with van der Waals surface area (Å²) in [5.41, 5.74) is 15.7. The van der Waals surface area contributed by atoms with Gasteiger partial charge in [0.05, 0.1) is 0 Å². The van der Waals surface area contributed by atoms with E-state index < -0.39 is 0 Å². The first-order valence-electron chi connectivity index (χ1n) is 9.34. The first-order chi connectivity index (χ1) is 13.2. The van der Waals surface area contributed by atoms with Gasteiger partial charge in [-0.15, -0.1) is 0 Å². The molecule has 0 radical (unpaired) electrons. The van der Waals surface area contributed by atoms with Gasteiger partial charge in [0.1, 0.15) is 0 Å². The second kappa shape index (κ2) is 5.85. The molecule has 130 valence electrons. The third-order valence-corrected chi connectivity index (χ3v) is 5.91. The zero-order chi connectivity index (χ0) is 18.4. The maximum absolute atomic E-state index is 5.87. The Labute approximate surface area is 160 Å². The molecule has 1 aliphatic rings. The molecule has 0 heterocycles. The van der Waals surface area contributed by atoms with Gasteiger partial charge in [0.25, 0.3) is 0 Å². The molecule has 0 aliphatic heterocycles. The van der Waals surface area contributed by atoms with Crippen LogP contribution in [0.2, 0.25) is 0 Å². The van der Waals surface area contributed by atoms with Crippen molar-refractivity contribution in [1.29, 1.82) is 0 Å². The number of benzene rings is 4. The monoisotopic (exact) mass is 347 g/mol. The van der Waals surface area contributed by atoms with Gasteiger partial charge in [0.15, 0.2) is 0 Å². The van der Waals surface area contributed by atoms with Gasteiger partial charge < -0.3 is 5.73 Å². The molecular weight excluding hydrogens is 326 g/mol. The lowest BCUT2D eigenvalue weighted by Crippen LogP contribution is -2.22. The molecule has 5 rings (SSSR count). The van der Waals surface area contributed by atoms with E-state index in [1.165, 1.54) is 38.9 Å². The Morgan fingerprint density at radius 3 is 2.00 bits per heavy atom. The maximum Gasteiger partial charge on any atom is 0.0435 e. The highest BCUT2D eigenvalue weighted by molar-refractivity contribution is 5.85.